The molecule has 0 bridgehead atoms. The lowest BCUT2D eigenvalue weighted by atomic mass is 10.2. The van der Waals surface area contributed by atoms with Crippen LogP contribution in [0.15, 0.2) is 23.4 Å². The third-order valence-electron chi connectivity index (χ3n) is 2.39. The van der Waals surface area contributed by atoms with Crippen molar-refractivity contribution in [1.82, 2.24) is 15.2 Å². The Labute approximate surface area is 107 Å². The summed E-state index contributed by atoms with van der Waals surface area (Å²) in [5.41, 5.74) is 0.762. The van der Waals surface area contributed by atoms with Crippen LogP contribution in [-0.4, -0.2) is 38.8 Å². The molecule has 0 aromatic carbocycles. The molecule has 8 nitrogen and oxygen atoms in total. The largest absolute Gasteiger partial charge is 0.372 e. The second-order valence-electron chi connectivity index (χ2n) is 3.64. The van der Waals surface area contributed by atoms with Gasteiger partial charge in [-0.3, -0.25) is 0 Å². The predicted molar refractivity (Wildman–Crippen MR) is 63.2 cm³/mol. The van der Waals surface area contributed by atoms with Crippen molar-refractivity contribution in [3.05, 3.63) is 39.2 Å². The monoisotopic (exact) mass is 271 g/mol. The standard InChI is InChI=1S/C9H10ClN5O3/c10-7-2-1-6(3-11-7)5-14-8(16)4-12-9(14)13-15(17)18/h1-3,8,16H,4-5H2,(H,12,13). The van der Waals surface area contributed by atoms with Gasteiger partial charge in [0.1, 0.15) is 16.5 Å². The Balaban J connectivity index is 2.15. The fraction of sp³-hybridized carbons (Fsp3) is 0.333. The molecule has 0 spiro atoms. The van der Waals surface area contributed by atoms with Gasteiger partial charge in [-0.2, -0.15) is 0 Å². The van der Waals surface area contributed by atoms with Crippen LogP contribution in [0.3, 0.4) is 0 Å². The van der Waals surface area contributed by atoms with Gasteiger partial charge in [0.25, 0.3) is 5.96 Å². The zero-order valence-corrected chi connectivity index (χ0v) is 9.91. The zero-order valence-electron chi connectivity index (χ0n) is 9.15. The van der Waals surface area contributed by atoms with Gasteiger partial charge in [-0.15, -0.1) is 0 Å². The lowest BCUT2D eigenvalue weighted by molar-refractivity contribution is -0.485. The van der Waals surface area contributed by atoms with Crippen LogP contribution >= 0.6 is 11.6 Å². The molecule has 1 aromatic heterocycles. The quantitative estimate of drug-likeness (QED) is 0.456. The lowest BCUT2D eigenvalue weighted by Gasteiger charge is -2.19. The van der Waals surface area contributed by atoms with E-state index in [1.165, 1.54) is 11.1 Å². The number of aromatic nitrogens is 1. The molecule has 0 radical (unpaired) electrons. The third-order valence-corrected chi connectivity index (χ3v) is 2.62. The molecule has 1 atom stereocenters. The number of hydrogen-bond acceptors (Lipinski definition) is 4. The maximum atomic E-state index is 10.3. The molecule has 1 unspecified atom stereocenters. The Morgan fingerprint density at radius 2 is 2.50 bits per heavy atom. The average molecular weight is 272 g/mol. The summed E-state index contributed by atoms with van der Waals surface area (Å²) in [6.45, 7) is 0.443. The molecule has 18 heavy (non-hydrogen) atoms. The van der Waals surface area contributed by atoms with E-state index in [0.29, 0.717) is 5.15 Å². The number of nitrogens with one attached hydrogen (secondary N) is 1. The highest BCUT2D eigenvalue weighted by atomic mass is 35.5. The van der Waals surface area contributed by atoms with Crippen molar-refractivity contribution in [1.29, 1.82) is 0 Å². The van der Waals surface area contributed by atoms with E-state index in [-0.39, 0.29) is 19.0 Å². The average Bonchev–Trinajstić information content (AvgIpc) is 2.64. The van der Waals surface area contributed by atoms with Crippen molar-refractivity contribution in [3.8, 4) is 0 Å². The van der Waals surface area contributed by atoms with Crippen molar-refractivity contribution in [2.75, 3.05) is 6.54 Å². The maximum absolute atomic E-state index is 10.3. The van der Waals surface area contributed by atoms with Crippen LogP contribution in [0.4, 0.5) is 0 Å². The van der Waals surface area contributed by atoms with E-state index in [1.807, 2.05) is 0 Å². The summed E-state index contributed by atoms with van der Waals surface area (Å²) < 4.78 is 0. The van der Waals surface area contributed by atoms with Crippen molar-refractivity contribution >= 4 is 17.6 Å². The number of nitro groups is 1. The van der Waals surface area contributed by atoms with Gasteiger partial charge in [-0.05, 0) is 11.6 Å². The maximum Gasteiger partial charge on any atom is 0.273 e. The first-order valence-electron chi connectivity index (χ1n) is 5.08. The Hall–Kier alpha value is -1.93. The van der Waals surface area contributed by atoms with Crippen LogP contribution in [0.2, 0.25) is 5.15 Å². The topological polar surface area (TPSA) is 104 Å². The van der Waals surface area contributed by atoms with Crippen LogP contribution in [0.25, 0.3) is 0 Å². The third kappa shape index (κ3) is 2.84. The normalized spacial score (nSPS) is 21.1. The van der Waals surface area contributed by atoms with Gasteiger partial charge in [0.15, 0.2) is 5.03 Å². The second kappa shape index (κ2) is 5.15. The number of aliphatic hydroxyl groups is 1. The van der Waals surface area contributed by atoms with Crippen molar-refractivity contribution in [2.45, 2.75) is 12.8 Å². The molecule has 0 saturated carbocycles. The van der Waals surface area contributed by atoms with E-state index < -0.39 is 11.3 Å². The first-order chi connectivity index (χ1) is 8.56. The smallest absolute Gasteiger partial charge is 0.273 e. The Bertz CT molecular complexity index is 478. The molecule has 96 valence electrons. The minimum atomic E-state index is -0.862. The summed E-state index contributed by atoms with van der Waals surface area (Å²) >= 11 is 5.66. The number of rotatable bonds is 3. The summed E-state index contributed by atoms with van der Waals surface area (Å²) in [5.74, 6) is 0.0300. The lowest BCUT2D eigenvalue weighted by Crippen LogP contribution is -2.35. The Morgan fingerprint density at radius 1 is 1.72 bits per heavy atom. The molecule has 0 aliphatic carbocycles. The van der Waals surface area contributed by atoms with Crippen LogP contribution in [0, 0.1) is 10.1 Å². The fourth-order valence-electron chi connectivity index (χ4n) is 1.58. The number of β-amino-alcohol motifs (C(OH)–C–C–N with tert-alkyl or cyclic N) is 1. The number of guanidine groups is 1. The molecule has 1 fully saturated rings. The first kappa shape index (κ1) is 12.5. The summed E-state index contributed by atoms with van der Waals surface area (Å²) in [4.78, 5) is 15.6. The van der Waals surface area contributed by atoms with Crippen molar-refractivity contribution < 1.29 is 10.1 Å². The predicted octanol–water partition coefficient (Wildman–Crippen LogP) is 0.00630. The van der Waals surface area contributed by atoms with Crippen LogP contribution < -0.4 is 5.32 Å². The molecule has 9 heteroatoms. The molecule has 1 aliphatic rings. The number of halogens is 1. The van der Waals surface area contributed by atoms with Gasteiger partial charge in [-0.25, -0.2) is 15.1 Å². The van der Waals surface area contributed by atoms with Gasteiger partial charge >= 0.3 is 0 Å². The van der Waals surface area contributed by atoms with Crippen LogP contribution in [-0.2, 0) is 6.54 Å². The first-order valence-corrected chi connectivity index (χ1v) is 5.46. The van der Waals surface area contributed by atoms with E-state index in [1.54, 1.807) is 12.1 Å². The van der Waals surface area contributed by atoms with E-state index in [0.717, 1.165) is 5.56 Å². The molecule has 0 amide bonds. The van der Waals surface area contributed by atoms with Crippen molar-refractivity contribution in [3.63, 3.8) is 0 Å². The molecule has 1 aromatic rings. The molecule has 2 rings (SSSR count). The van der Waals surface area contributed by atoms with E-state index >= 15 is 0 Å². The van der Waals surface area contributed by atoms with Gasteiger partial charge < -0.3 is 15.3 Å². The highest BCUT2D eigenvalue weighted by Gasteiger charge is 2.29. The number of aliphatic hydroxyl groups excluding tert-OH is 1. The number of hydrogen-bond donors (Lipinski definition) is 2. The summed E-state index contributed by atoms with van der Waals surface area (Å²) in [5, 5.41) is 25.4. The SMILES string of the molecule is O=[N+]([O-])/N=C1/NCC(O)N1Cc1ccc(Cl)nc1. The fourth-order valence-corrected chi connectivity index (χ4v) is 1.69. The zero-order chi connectivity index (χ0) is 13.1. The second-order valence-corrected chi connectivity index (χ2v) is 4.03. The highest BCUT2D eigenvalue weighted by Crippen LogP contribution is 2.12. The minimum Gasteiger partial charge on any atom is -0.372 e. The molecule has 2 N–H and O–H groups in total. The van der Waals surface area contributed by atoms with Crippen LogP contribution in [0.5, 0.6) is 0 Å². The molecule has 1 saturated heterocycles. The molecule has 2 heterocycles. The van der Waals surface area contributed by atoms with E-state index in [2.05, 4.69) is 15.4 Å². The van der Waals surface area contributed by atoms with Gasteiger partial charge in [0.05, 0.1) is 13.1 Å². The Kier molecular flexibility index (Phi) is 3.58. The van der Waals surface area contributed by atoms with E-state index in [4.69, 9.17) is 11.6 Å². The molecule has 1 aliphatic heterocycles. The Morgan fingerprint density at radius 3 is 3.11 bits per heavy atom. The number of pyridine rings is 1. The number of nitrogens with zero attached hydrogens (tertiary/aromatic N) is 4. The summed E-state index contributed by atoms with van der Waals surface area (Å²) in [6.07, 6.45) is 0.677. The molecular weight excluding hydrogens is 262 g/mol. The minimum absolute atomic E-state index is 0.0300. The van der Waals surface area contributed by atoms with Gasteiger partial charge in [0, 0.05) is 6.20 Å². The van der Waals surface area contributed by atoms with Crippen molar-refractivity contribution in [2.24, 2.45) is 5.10 Å². The summed E-state index contributed by atoms with van der Waals surface area (Å²) in [7, 11) is 0. The van der Waals surface area contributed by atoms with Crippen LogP contribution in [0.1, 0.15) is 5.56 Å². The van der Waals surface area contributed by atoms with E-state index in [9.17, 15) is 15.2 Å². The van der Waals surface area contributed by atoms with Gasteiger partial charge in [0.2, 0.25) is 0 Å². The highest BCUT2D eigenvalue weighted by molar-refractivity contribution is 6.29. The molecular formula is C9H10ClN5O3. The summed E-state index contributed by atoms with van der Waals surface area (Å²) in [6, 6.07) is 3.33. The van der Waals surface area contributed by atoms with Gasteiger partial charge in [-0.1, -0.05) is 17.7 Å². The number of hydrazone groups is 1.